The molecule has 77 heavy (non-hydrogen) atoms. The van der Waals surface area contributed by atoms with Crippen molar-refractivity contribution in [3.63, 3.8) is 0 Å². The number of aromatic amines is 1. The summed E-state index contributed by atoms with van der Waals surface area (Å²) in [7, 11) is 0. The van der Waals surface area contributed by atoms with Crippen LogP contribution < -0.4 is 37.6 Å². The number of alkyl carbamates (subject to hydrolysis) is 1. The number of likely N-dealkylation sites (tertiary alicyclic amines) is 1. The van der Waals surface area contributed by atoms with Crippen LogP contribution in [-0.2, 0) is 64.0 Å². The first kappa shape index (κ1) is 60.3. The topological polar surface area (TPSA) is 296 Å². The molecule has 20 nitrogen and oxygen atoms in total. The molecule has 0 radical (unpaired) electrons. The summed E-state index contributed by atoms with van der Waals surface area (Å²) in [6, 6.07) is 19.2. The number of carbonyl (C=O) groups is 8. The third-order valence-corrected chi connectivity index (χ3v) is 12.9. The zero-order chi connectivity index (χ0) is 56.2. The lowest BCUT2D eigenvalue weighted by atomic mass is 9.95. The van der Waals surface area contributed by atoms with Gasteiger partial charge in [0.15, 0.2) is 0 Å². The molecule has 1 aliphatic rings. The second-order valence-electron chi connectivity index (χ2n) is 21.6. The highest BCUT2D eigenvalue weighted by molar-refractivity contribution is 5.96. The van der Waals surface area contributed by atoms with Gasteiger partial charge in [0.1, 0.15) is 41.9 Å². The third-order valence-electron chi connectivity index (χ3n) is 12.9. The molecule has 3 aromatic carbocycles. The first-order chi connectivity index (χ1) is 36.5. The van der Waals surface area contributed by atoms with Gasteiger partial charge in [0.2, 0.25) is 41.4 Å². The van der Waals surface area contributed by atoms with Gasteiger partial charge < -0.3 is 57.4 Å². The summed E-state index contributed by atoms with van der Waals surface area (Å²) in [6.07, 6.45) is 1.56. The normalized spacial score (nSPS) is 16.2. The molecule has 1 saturated heterocycles. The molecule has 0 unspecified atom stereocenters. The maximum Gasteiger partial charge on any atom is 0.408 e. The number of aromatic nitrogens is 2. The Kier molecular flexibility index (Phi) is 22.7. The molecule has 416 valence electrons. The molecule has 20 heteroatoms. The van der Waals surface area contributed by atoms with Crippen LogP contribution in [-0.4, -0.2) is 128 Å². The van der Waals surface area contributed by atoms with Crippen LogP contribution in [0.3, 0.4) is 0 Å². The van der Waals surface area contributed by atoms with Crippen molar-refractivity contribution in [3.05, 3.63) is 126 Å². The van der Waals surface area contributed by atoms with E-state index in [1.807, 2.05) is 45.9 Å². The van der Waals surface area contributed by atoms with Crippen molar-refractivity contribution in [3.8, 4) is 0 Å². The lowest BCUT2D eigenvalue weighted by Crippen LogP contribution is -2.60. The predicted molar refractivity (Wildman–Crippen MR) is 289 cm³/mol. The summed E-state index contributed by atoms with van der Waals surface area (Å²) < 4.78 is 5.47. The average molecular weight is 1060 g/mol. The Morgan fingerprint density at radius 1 is 0.662 bits per heavy atom. The van der Waals surface area contributed by atoms with Crippen LogP contribution in [0.5, 0.6) is 0 Å². The van der Waals surface area contributed by atoms with Crippen molar-refractivity contribution in [2.45, 2.75) is 160 Å². The number of nitrogens with zero attached hydrogens (tertiary/aromatic N) is 2. The second kappa shape index (κ2) is 29.1. The highest BCUT2D eigenvalue weighted by atomic mass is 16.6. The molecular weight excluding hydrogens is 985 g/mol. The Morgan fingerprint density at radius 3 is 1.68 bits per heavy atom. The minimum Gasteiger partial charge on any atom is -0.444 e. The number of hydrogen-bond acceptors (Lipinski definition) is 11. The first-order valence-electron chi connectivity index (χ1n) is 26.4. The number of amides is 8. The number of primary amides is 1. The van der Waals surface area contributed by atoms with Crippen LogP contribution in [0, 0.1) is 11.8 Å². The number of aliphatic hydroxyl groups excluding tert-OH is 1. The van der Waals surface area contributed by atoms with Crippen LogP contribution in [0.2, 0.25) is 0 Å². The van der Waals surface area contributed by atoms with E-state index >= 15 is 0 Å². The fourth-order valence-corrected chi connectivity index (χ4v) is 9.16. The number of nitrogens with one attached hydrogen (secondary N) is 7. The van der Waals surface area contributed by atoms with Crippen LogP contribution in [0.1, 0.15) is 103 Å². The van der Waals surface area contributed by atoms with Gasteiger partial charge >= 0.3 is 6.09 Å². The molecule has 0 spiro atoms. The van der Waals surface area contributed by atoms with Crippen molar-refractivity contribution >= 4 is 47.4 Å². The van der Waals surface area contributed by atoms with E-state index in [-0.39, 0.29) is 63.3 Å². The quantitative estimate of drug-likeness (QED) is 0.0418. The van der Waals surface area contributed by atoms with Crippen molar-refractivity contribution in [1.82, 2.24) is 46.8 Å². The van der Waals surface area contributed by atoms with Crippen LogP contribution >= 0.6 is 0 Å². The van der Waals surface area contributed by atoms with Crippen molar-refractivity contribution in [1.29, 1.82) is 0 Å². The molecule has 8 amide bonds. The number of hydrogen-bond donors (Lipinski definition) is 9. The molecule has 10 N–H and O–H groups in total. The summed E-state index contributed by atoms with van der Waals surface area (Å²) in [6.45, 7) is 12.8. The van der Waals surface area contributed by atoms with Crippen molar-refractivity contribution in [2.24, 2.45) is 17.6 Å². The lowest BCUT2D eigenvalue weighted by Gasteiger charge is -2.31. The van der Waals surface area contributed by atoms with E-state index in [4.69, 9.17) is 10.5 Å². The number of nitrogens with two attached hydrogens (primary N) is 1. The summed E-state index contributed by atoms with van der Waals surface area (Å²) in [4.78, 5) is 119. The summed E-state index contributed by atoms with van der Waals surface area (Å²) in [5.41, 5.74) is 7.56. The Hall–Kier alpha value is -7.61. The SMILES string of the molecule is CC(C)C[C@H](NC(=O)C[C@H](O)[C@H](CC(C)C)NC(=O)[C@H](Cc1ccccc1)NC(=O)[C@H](Cc1ccccc1)NC(=O)[C@@H]1CCCN1C(=O)[C@H](Cc1cnc[nH]1)NC(=O)OC(C)(C)C)C(=O)N[C@@H](Cc1ccccc1)C(N)=O. The molecule has 1 aliphatic heterocycles. The van der Waals surface area contributed by atoms with E-state index in [9.17, 15) is 43.5 Å². The fourth-order valence-electron chi connectivity index (χ4n) is 9.16. The smallest absolute Gasteiger partial charge is 0.408 e. The van der Waals surface area contributed by atoms with Gasteiger partial charge in [0.25, 0.3) is 0 Å². The summed E-state index contributed by atoms with van der Waals surface area (Å²) in [5.74, 6) is -4.70. The molecule has 1 fully saturated rings. The second-order valence-corrected chi connectivity index (χ2v) is 21.6. The zero-order valence-electron chi connectivity index (χ0n) is 45.3. The van der Waals surface area contributed by atoms with Gasteiger partial charge in [0, 0.05) is 44.1 Å². The van der Waals surface area contributed by atoms with Gasteiger partial charge in [-0.1, -0.05) is 119 Å². The van der Waals surface area contributed by atoms with Gasteiger partial charge in [-0.2, -0.15) is 0 Å². The summed E-state index contributed by atoms with van der Waals surface area (Å²) >= 11 is 0. The minimum absolute atomic E-state index is 0.00519. The van der Waals surface area contributed by atoms with Crippen LogP contribution in [0.4, 0.5) is 4.79 Å². The number of H-pyrrole nitrogens is 1. The van der Waals surface area contributed by atoms with E-state index in [2.05, 4.69) is 41.9 Å². The molecule has 0 bridgehead atoms. The molecule has 0 aliphatic carbocycles. The average Bonchev–Trinajstić information content (AvgIpc) is 4.09. The van der Waals surface area contributed by atoms with Gasteiger partial charge in [0.05, 0.1) is 24.9 Å². The van der Waals surface area contributed by atoms with Crippen molar-refractivity contribution < 1.29 is 48.2 Å². The molecule has 1 aromatic heterocycles. The van der Waals surface area contributed by atoms with E-state index in [1.165, 1.54) is 17.4 Å². The maximum atomic E-state index is 14.7. The number of rotatable bonds is 27. The lowest BCUT2D eigenvalue weighted by molar-refractivity contribution is -0.141. The molecule has 8 atom stereocenters. The Labute approximate surface area is 451 Å². The molecule has 5 rings (SSSR count). The number of aliphatic hydroxyl groups is 1. The van der Waals surface area contributed by atoms with E-state index < -0.39 is 108 Å². The van der Waals surface area contributed by atoms with Crippen LogP contribution in [0.25, 0.3) is 0 Å². The number of ether oxygens (including phenoxy) is 1. The highest BCUT2D eigenvalue weighted by Gasteiger charge is 2.40. The number of carbonyl (C=O) groups excluding carboxylic acids is 8. The molecular formula is C57H78N10O10. The van der Waals surface area contributed by atoms with Crippen molar-refractivity contribution in [2.75, 3.05) is 6.54 Å². The van der Waals surface area contributed by atoms with E-state index in [1.54, 1.807) is 93.6 Å². The molecule has 4 aromatic rings. The zero-order valence-corrected chi connectivity index (χ0v) is 45.3. The van der Waals surface area contributed by atoms with Gasteiger partial charge in [-0.25, -0.2) is 9.78 Å². The minimum atomic E-state index is -1.45. The van der Waals surface area contributed by atoms with Gasteiger partial charge in [-0.15, -0.1) is 0 Å². The third kappa shape index (κ3) is 20.1. The first-order valence-corrected chi connectivity index (χ1v) is 26.4. The molecule has 0 saturated carbocycles. The predicted octanol–water partition coefficient (Wildman–Crippen LogP) is 3.32. The maximum absolute atomic E-state index is 14.7. The van der Waals surface area contributed by atoms with Crippen LogP contribution in [0.15, 0.2) is 104 Å². The largest absolute Gasteiger partial charge is 0.444 e. The summed E-state index contributed by atoms with van der Waals surface area (Å²) in [5, 5.41) is 28.5. The number of imidazole rings is 1. The van der Waals surface area contributed by atoms with E-state index in [0.717, 1.165) is 5.56 Å². The molecule has 2 heterocycles. The van der Waals surface area contributed by atoms with Gasteiger partial charge in [-0.3, -0.25) is 33.6 Å². The standard InChI is InChI=1S/C57H78N10O10/c1-35(2)26-41(48(68)32-49(69)61-43(27-36(3)4)51(71)63-42(50(58)70)28-37-18-11-8-12-19-37)62-52(72)44(29-38-20-13-9-14-21-38)64-53(73)45(30-39-22-15-10-16-23-39)65-54(74)47-24-17-25-67(47)55(75)46(31-40-33-59-34-60-40)66-56(76)77-57(5,6)7/h8-16,18-23,33-36,41-48,68H,17,24-32H2,1-7H3,(H2,58,70)(H,59,60)(H,61,69)(H,62,72)(H,63,71)(H,64,73)(H,65,74)(H,66,76)/t41-,42-,43-,44-,45-,46-,47-,48-/m0/s1. The fraction of sp³-hybridized carbons (Fsp3) is 0.491. The van der Waals surface area contributed by atoms with E-state index in [0.29, 0.717) is 23.2 Å². The van der Waals surface area contributed by atoms with Gasteiger partial charge in [-0.05, 0) is 75.0 Å². The Balaban J connectivity index is 1.34. The Morgan fingerprint density at radius 2 is 1.17 bits per heavy atom. The number of benzene rings is 3. The monoisotopic (exact) mass is 1060 g/mol. The Bertz CT molecular complexity index is 2560. The highest BCUT2D eigenvalue weighted by Crippen LogP contribution is 2.21.